The fourth-order valence-electron chi connectivity index (χ4n) is 4.49. The molecule has 2 fully saturated rings. The second-order valence-corrected chi connectivity index (χ2v) is 7.92. The first-order valence-corrected chi connectivity index (χ1v) is 10.2. The zero-order chi connectivity index (χ0) is 18.1. The molecule has 4 heterocycles. The maximum atomic E-state index is 5.03. The van der Waals surface area contributed by atoms with Gasteiger partial charge in [0.05, 0.1) is 18.1 Å². The Morgan fingerprint density at radius 3 is 2.85 bits per heavy atom. The number of rotatable bonds is 5. The molecule has 1 atom stereocenters. The van der Waals surface area contributed by atoms with Gasteiger partial charge in [-0.2, -0.15) is 14.7 Å². The zero-order valence-electron chi connectivity index (χ0n) is 15.6. The van der Waals surface area contributed by atoms with Gasteiger partial charge in [-0.05, 0) is 38.1 Å². The van der Waals surface area contributed by atoms with Gasteiger partial charge in [-0.15, -0.1) is 0 Å². The molecular formula is C20H27N7. The zero-order valence-corrected chi connectivity index (χ0v) is 15.6. The first-order chi connectivity index (χ1) is 13.4. The van der Waals surface area contributed by atoms with Crippen molar-refractivity contribution in [3.05, 3.63) is 30.4 Å². The van der Waals surface area contributed by atoms with Gasteiger partial charge in [0, 0.05) is 42.4 Å². The largest absolute Gasteiger partial charge is 0.370 e. The van der Waals surface area contributed by atoms with E-state index in [4.69, 9.17) is 4.98 Å². The van der Waals surface area contributed by atoms with Crippen LogP contribution in [0.4, 0.5) is 5.82 Å². The van der Waals surface area contributed by atoms with Crippen LogP contribution >= 0.6 is 0 Å². The number of aromatic amines is 1. The number of anilines is 1. The van der Waals surface area contributed by atoms with E-state index in [0.29, 0.717) is 5.92 Å². The minimum atomic E-state index is 0.461. The maximum absolute atomic E-state index is 5.03. The van der Waals surface area contributed by atoms with Crippen LogP contribution in [0.2, 0.25) is 0 Å². The Bertz CT molecular complexity index is 887. The van der Waals surface area contributed by atoms with E-state index in [2.05, 4.69) is 32.0 Å². The maximum Gasteiger partial charge on any atom is 0.165 e. The minimum Gasteiger partial charge on any atom is -0.370 e. The van der Waals surface area contributed by atoms with Crippen LogP contribution in [0.3, 0.4) is 0 Å². The van der Waals surface area contributed by atoms with E-state index in [-0.39, 0.29) is 0 Å². The van der Waals surface area contributed by atoms with Gasteiger partial charge < -0.3 is 10.6 Å². The second-order valence-electron chi connectivity index (χ2n) is 7.92. The molecule has 1 saturated carbocycles. The predicted octanol–water partition coefficient (Wildman–Crippen LogP) is 3.19. The lowest BCUT2D eigenvalue weighted by atomic mass is 9.96. The van der Waals surface area contributed by atoms with Gasteiger partial charge in [0.2, 0.25) is 0 Å². The fourth-order valence-corrected chi connectivity index (χ4v) is 4.49. The molecule has 1 unspecified atom stereocenters. The van der Waals surface area contributed by atoms with Crippen LogP contribution in [-0.2, 0) is 0 Å². The summed E-state index contributed by atoms with van der Waals surface area (Å²) in [6, 6.07) is 2.21. The van der Waals surface area contributed by atoms with Crippen molar-refractivity contribution in [2.24, 2.45) is 5.92 Å². The van der Waals surface area contributed by atoms with E-state index < -0.39 is 0 Å². The summed E-state index contributed by atoms with van der Waals surface area (Å²) in [5.74, 6) is 2.29. The summed E-state index contributed by atoms with van der Waals surface area (Å²) in [4.78, 5) is 5.03. The Labute approximate surface area is 159 Å². The van der Waals surface area contributed by atoms with Gasteiger partial charge in [0.1, 0.15) is 5.82 Å². The monoisotopic (exact) mass is 365 g/mol. The van der Waals surface area contributed by atoms with Crippen LogP contribution in [0.25, 0.3) is 16.8 Å². The summed E-state index contributed by atoms with van der Waals surface area (Å²) in [7, 11) is 0. The van der Waals surface area contributed by atoms with E-state index in [0.717, 1.165) is 53.8 Å². The van der Waals surface area contributed by atoms with Crippen molar-refractivity contribution < 1.29 is 0 Å². The highest BCUT2D eigenvalue weighted by molar-refractivity contribution is 5.77. The molecule has 0 spiro atoms. The lowest BCUT2D eigenvalue weighted by Crippen LogP contribution is -2.29. The second kappa shape index (κ2) is 7.31. The van der Waals surface area contributed by atoms with Crippen LogP contribution in [0.15, 0.2) is 24.7 Å². The van der Waals surface area contributed by atoms with Crippen molar-refractivity contribution in [2.45, 2.75) is 44.4 Å². The molecule has 0 amide bonds. The molecule has 27 heavy (non-hydrogen) atoms. The quantitative estimate of drug-likeness (QED) is 0.647. The third kappa shape index (κ3) is 3.32. The first kappa shape index (κ1) is 16.7. The summed E-state index contributed by atoms with van der Waals surface area (Å²) < 4.78 is 1.96. The first-order valence-electron chi connectivity index (χ1n) is 10.2. The number of nitrogens with zero attached hydrogens (tertiary/aromatic N) is 4. The molecular weight excluding hydrogens is 338 g/mol. The Kier molecular flexibility index (Phi) is 4.53. The van der Waals surface area contributed by atoms with Crippen molar-refractivity contribution >= 4 is 11.5 Å². The Balaban J connectivity index is 1.53. The topological polar surface area (TPSA) is 82.9 Å². The van der Waals surface area contributed by atoms with Crippen molar-refractivity contribution in [2.75, 3.05) is 25.0 Å². The Morgan fingerprint density at radius 2 is 2.07 bits per heavy atom. The van der Waals surface area contributed by atoms with Gasteiger partial charge in [-0.25, -0.2) is 4.98 Å². The van der Waals surface area contributed by atoms with Crippen LogP contribution in [-0.4, -0.2) is 44.4 Å². The van der Waals surface area contributed by atoms with Gasteiger partial charge >= 0.3 is 0 Å². The average Bonchev–Trinajstić information content (AvgIpc) is 3.47. The predicted molar refractivity (Wildman–Crippen MR) is 106 cm³/mol. The van der Waals surface area contributed by atoms with E-state index >= 15 is 0 Å². The summed E-state index contributed by atoms with van der Waals surface area (Å²) in [6.07, 6.45) is 13.4. The highest BCUT2D eigenvalue weighted by atomic mass is 15.3. The molecule has 5 rings (SSSR count). The summed E-state index contributed by atoms with van der Waals surface area (Å²) in [5, 5.41) is 18.8. The van der Waals surface area contributed by atoms with Gasteiger partial charge in [-0.1, -0.05) is 12.8 Å². The number of aromatic nitrogens is 5. The number of hydrogen-bond acceptors (Lipinski definition) is 5. The lowest BCUT2D eigenvalue weighted by molar-refractivity contribution is 0.455. The molecule has 0 radical (unpaired) electrons. The van der Waals surface area contributed by atoms with Gasteiger partial charge in [0.15, 0.2) is 5.65 Å². The smallest absolute Gasteiger partial charge is 0.165 e. The SMILES string of the molecule is c1n[nH]cc1-c1cnn2c(NCC3CCCC3)cc(C3CCCNC3)nc12. The number of H-pyrrole nitrogens is 1. The minimum absolute atomic E-state index is 0.461. The number of piperidine rings is 1. The molecule has 1 saturated heterocycles. The third-order valence-electron chi connectivity index (χ3n) is 6.06. The Morgan fingerprint density at radius 1 is 1.15 bits per heavy atom. The molecule has 0 bridgehead atoms. The van der Waals surface area contributed by atoms with Crippen molar-refractivity contribution in [3.63, 3.8) is 0 Å². The van der Waals surface area contributed by atoms with Gasteiger partial charge in [-0.3, -0.25) is 5.10 Å². The molecule has 1 aliphatic carbocycles. The summed E-state index contributed by atoms with van der Waals surface area (Å²) in [6.45, 7) is 3.13. The van der Waals surface area contributed by atoms with Crippen molar-refractivity contribution in [1.29, 1.82) is 0 Å². The van der Waals surface area contributed by atoms with E-state index in [9.17, 15) is 0 Å². The fraction of sp³-hybridized carbons (Fsp3) is 0.550. The van der Waals surface area contributed by atoms with E-state index in [1.54, 1.807) is 0 Å². The number of fused-ring (bicyclic) bond motifs is 1. The summed E-state index contributed by atoms with van der Waals surface area (Å²) in [5.41, 5.74) is 4.12. The van der Waals surface area contributed by atoms with Gasteiger partial charge in [0.25, 0.3) is 0 Å². The van der Waals surface area contributed by atoms with Crippen molar-refractivity contribution in [1.82, 2.24) is 30.1 Å². The van der Waals surface area contributed by atoms with Crippen LogP contribution in [0.1, 0.15) is 50.1 Å². The molecule has 2 aliphatic rings. The molecule has 3 aromatic heterocycles. The molecule has 142 valence electrons. The average molecular weight is 365 g/mol. The van der Waals surface area contributed by atoms with E-state index in [1.807, 2.05) is 23.1 Å². The number of hydrogen-bond donors (Lipinski definition) is 3. The molecule has 7 nitrogen and oxygen atoms in total. The highest BCUT2D eigenvalue weighted by Gasteiger charge is 2.21. The standard InChI is InChI=1S/C20H27N7/c1-2-5-14(4-1)9-22-19-8-18(15-6-3-7-21-10-15)26-20-17(13-25-27(19)20)16-11-23-24-12-16/h8,11-15,21-22H,1-7,9-10H2,(H,23,24). The third-order valence-corrected chi connectivity index (χ3v) is 6.06. The highest BCUT2D eigenvalue weighted by Crippen LogP contribution is 2.30. The molecule has 7 heteroatoms. The van der Waals surface area contributed by atoms with E-state index in [1.165, 1.54) is 38.5 Å². The van der Waals surface area contributed by atoms with Crippen LogP contribution < -0.4 is 10.6 Å². The number of nitrogens with one attached hydrogen (secondary N) is 3. The van der Waals surface area contributed by atoms with Crippen molar-refractivity contribution in [3.8, 4) is 11.1 Å². The Hall–Kier alpha value is -2.41. The van der Waals surface area contributed by atoms with Crippen LogP contribution in [0.5, 0.6) is 0 Å². The molecule has 3 aromatic rings. The summed E-state index contributed by atoms with van der Waals surface area (Å²) >= 11 is 0. The lowest BCUT2D eigenvalue weighted by Gasteiger charge is -2.23. The normalized spacial score (nSPS) is 21.1. The molecule has 3 N–H and O–H groups in total. The molecule has 1 aliphatic heterocycles. The molecule has 0 aromatic carbocycles. The van der Waals surface area contributed by atoms with Crippen LogP contribution in [0, 0.1) is 5.92 Å².